The average Bonchev–Trinajstić information content (AvgIpc) is 3.22. The molecule has 9 nitrogen and oxygen atoms in total. The third-order valence-corrected chi connectivity index (χ3v) is 6.18. The molecule has 1 aliphatic carbocycles. The number of nitrogens with zero attached hydrogens (tertiary/aromatic N) is 1. The molecule has 0 aliphatic heterocycles. The Morgan fingerprint density at radius 1 is 0.892 bits per heavy atom. The number of nitrogens with one attached hydrogen (secondary N) is 2. The van der Waals surface area contributed by atoms with Gasteiger partial charge in [-0.15, -0.1) is 6.58 Å². The summed E-state index contributed by atoms with van der Waals surface area (Å²) in [5.74, 6) is -1.61. The van der Waals surface area contributed by atoms with Gasteiger partial charge in [-0.05, 0) is 28.7 Å². The fraction of sp³-hybridized carbons (Fsp3) is 0.357. The number of hydrogen-bond donors (Lipinski definition) is 3. The molecule has 0 spiro atoms. The van der Waals surface area contributed by atoms with Gasteiger partial charge < -0.3 is 25.4 Å². The second-order valence-corrected chi connectivity index (χ2v) is 8.70. The summed E-state index contributed by atoms with van der Waals surface area (Å²) >= 11 is 0. The van der Waals surface area contributed by atoms with Gasteiger partial charge in [-0.25, -0.2) is 4.79 Å². The van der Waals surface area contributed by atoms with E-state index in [2.05, 4.69) is 41.5 Å². The highest BCUT2D eigenvalue weighted by Gasteiger charge is 2.29. The number of carboxylic acids is 1. The number of hydrogen-bond acceptors (Lipinski definition) is 5. The molecule has 0 radical (unpaired) electrons. The summed E-state index contributed by atoms with van der Waals surface area (Å²) in [7, 11) is 0. The molecule has 0 heterocycles. The molecule has 9 heteroatoms. The summed E-state index contributed by atoms with van der Waals surface area (Å²) in [5.41, 5.74) is 4.55. The third kappa shape index (κ3) is 7.93. The zero-order valence-electron chi connectivity index (χ0n) is 20.8. The highest BCUT2D eigenvalue weighted by atomic mass is 16.5. The fourth-order valence-electron chi connectivity index (χ4n) is 4.33. The van der Waals surface area contributed by atoms with Crippen LogP contribution in [0.2, 0.25) is 0 Å². The highest BCUT2D eigenvalue weighted by Crippen LogP contribution is 2.44. The number of rotatable bonds is 14. The molecule has 1 aliphatic rings. The zero-order valence-corrected chi connectivity index (χ0v) is 20.8. The van der Waals surface area contributed by atoms with Gasteiger partial charge in [0.2, 0.25) is 11.8 Å². The van der Waals surface area contributed by atoms with Crippen molar-refractivity contribution in [1.29, 1.82) is 0 Å². The average molecular weight is 508 g/mol. The molecule has 3 rings (SSSR count). The lowest BCUT2D eigenvalue weighted by molar-refractivity contribution is -0.138. The largest absolute Gasteiger partial charge is 0.481 e. The number of allylic oxidation sites excluding steroid dienone is 1. The van der Waals surface area contributed by atoms with Crippen LogP contribution in [-0.4, -0.2) is 66.7 Å². The molecule has 37 heavy (non-hydrogen) atoms. The van der Waals surface area contributed by atoms with Crippen molar-refractivity contribution < 1.29 is 29.0 Å². The van der Waals surface area contributed by atoms with Gasteiger partial charge in [0.15, 0.2) is 0 Å². The smallest absolute Gasteiger partial charge is 0.407 e. The Kier molecular flexibility index (Phi) is 10.3. The van der Waals surface area contributed by atoms with Gasteiger partial charge in [0, 0.05) is 44.9 Å². The minimum atomic E-state index is -1.05. The van der Waals surface area contributed by atoms with Gasteiger partial charge >= 0.3 is 12.1 Å². The van der Waals surface area contributed by atoms with E-state index in [0.29, 0.717) is 6.42 Å². The Morgan fingerprint density at radius 3 is 2.08 bits per heavy atom. The van der Waals surface area contributed by atoms with Crippen LogP contribution in [0, 0.1) is 0 Å². The minimum absolute atomic E-state index is 0.0418. The van der Waals surface area contributed by atoms with E-state index in [1.165, 1.54) is 0 Å². The topological polar surface area (TPSA) is 125 Å². The van der Waals surface area contributed by atoms with E-state index < -0.39 is 18.0 Å². The number of fused-ring (bicyclic) bond motifs is 3. The summed E-state index contributed by atoms with van der Waals surface area (Å²) in [6.45, 7) is 4.67. The Bertz CT molecular complexity index is 1090. The first kappa shape index (κ1) is 27.4. The second kappa shape index (κ2) is 13.8. The van der Waals surface area contributed by atoms with E-state index in [-0.39, 0.29) is 63.9 Å². The van der Waals surface area contributed by atoms with Crippen LogP contribution < -0.4 is 10.6 Å². The third-order valence-electron chi connectivity index (χ3n) is 6.18. The number of benzene rings is 2. The SMILES string of the molecule is C=CCCC(=O)N(CCNC(=O)CCC(=O)O)CCNC(=O)OCC1c2ccccc2-c2ccccc21. The minimum Gasteiger partial charge on any atom is -0.481 e. The van der Waals surface area contributed by atoms with E-state index in [9.17, 15) is 19.2 Å². The van der Waals surface area contributed by atoms with Gasteiger partial charge in [-0.2, -0.15) is 0 Å². The summed E-state index contributed by atoms with van der Waals surface area (Å²) in [4.78, 5) is 48.9. The Labute approximate surface area is 216 Å². The fourth-order valence-corrected chi connectivity index (χ4v) is 4.33. The lowest BCUT2D eigenvalue weighted by atomic mass is 9.98. The maximum atomic E-state index is 12.5. The summed E-state index contributed by atoms with van der Waals surface area (Å²) in [6.07, 6.45) is 1.49. The highest BCUT2D eigenvalue weighted by molar-refractivity contribution is 5.81. The molecule has 2 aromatic carbocycles. The van der Waals surface area contributed by atoms with Crippen molar-refractivity contribution in [2.75, 3.05) is 32.8 Å². The van der Waals surface area contributed by atoms with Gasteiger partial charge in [-0.3, -0.25) is 14.4 Å². The van der Waals surface area contributed by atoms with Crippen molar-refractivity contribution in [2.45, 2.75) is 31.6 Å². The van der Waals surface area contributed by atoms with E-state index >= 15 is 0 Å². The van der Waals surface area contributed by atoms with Crippen molar-refractivity contribution in [2.24, 2.45) is 0 Å². The lowest BCUT2D eigenvalue weighted by Gasteiger charge is -2.23. The van der Waals surface area contributed by atoms with E-state index in [1.807, 2.05) is 24.3 Å². The van der Waals surface area contributed by atoms with E-state index in [0.717, 1.165) is 22.3 Å². The first-order chi connectivity index (χ1) is 17.9. The van der Waals surface area contributed by atoms with Gasteiger partial charge in [0.05, 0.1) is 6.42 Å². The quantitative estimate of drug-likeness (QED) is 0.337. The number of aliphatic carboxylic acids is 1. The number of carboxylic acid groups (broad SMARTS) is 1. The monoisotopic (exact) mass is 507 g/mol. The van der Waals surface area contributed by atoms with Crippen LogP contribution in [0.3, 0.4) is 0 Å². The predicted molar refractivity (Wildman–Crippen MR) is 139 cm³/mol. The lowest BCUT2D eigenvalue weighted by Crippen LogP contribution is -2.42. The molecular formula is C28H33N3O6. The standard InChI is InChI=1S/C28H33N3O6/c1-2-3-12-26(33)31(17-15-29-25(32)13-14-27(34)35)18-16-30-28(36)37-19-24-22-10-6-4-8-20(22)21-9-5-7-11-23(21)24/h2,4-11,24H,1,3,12-19H2,(H,29,32)(H,30,36)(H,34,35). The Hall–Kier alpha value is -4.14. The molecule has 0 atom stereocenters. The number of ether oxygens (including phenoxy) is 1. The van der Waals surface area contributed by atoms with Gasteiger partial charge in [0.1, 0.15) is 6.61 Å². The number of carbonyl (C=O) groups is 4. The summed E-state index contributed by atoms with van der Waals surface area (Å²) in [6, 6.07) is 16.2. The van der Waals surface area contributed by atoms with Crippen LogP contribution in [0.15, 0.2) is 61.2 Å². The first-order valence-electron chi connectivity index (χ1n) is 12.4. The van der Waals surface area contributed by atoms with Crippen LogP contribution >= 0.6 is 0 Å². The van der Waals surface area contributed by atoms with E-state index in [4.69, 9.17) is 9.84 Å². The molecule has 0 saturated carbocycles. The molecule has 0 bridgehead atoms. The maximum Gasteiger partial charge on any atom is 0.407 e. The van der Waals surface area contributed by atoms with Gasteiger partial charge in [0.25, 0.3) is 0 Å². The maximum absolute atomic E-state index is 12.5. The molecule has 3 amide bonds. The van der Waals surface area contributed by atoms with Crippen LogP contribution in [0.25, 0.3) is 11.1 Å². The molecule has 0 fully saturated rings. The Balaban J connectivity index is 1.47. The number of amides is 3. The summed E-state index contributed by atoms with van der Waals surface area (Å²) < 4.78 is 5.53. The molecular weight excluding hydrogens is 474 g/mol. The van der Waals surface area contributed by atoms with Crippen LogP contribution in [0.1, 0.15) is 42.7 Å². The van der Waals surface area contributed by atoms with Crippen molar-refractivity contribution in [1.82, 2.24) is 15.5 Å². The van der Waals surface area contributed by atoms with Crippen LogP contribution in [-0.2, 0) is 19.1 Å². The molecule has 0 unspecified atom stereocenters. The summed E-state index contributed by atoms with van der Waals surface area (Å²) in [5, 5.41) is 14.0. The van der Waals surface area contributed by atoms with Crippen molar-refractivity contribution in [3.63, 3.8) is 0 Å². The second-order valence-electron chi connectivity index (χ2n) is 8.70. The molecule has 0 saturated heterocycles. The normalized spacial score (nSPS) is 11.7. The van der Waals surface area contributed by atoms with Gasteiger partial charge in [-0.1, -0.05) is 54.6 Å². The van der Waals surface area contributed by atoms with Crippen LogP contribution in [0.4, 0.5) is 4.79 Å². The molecule has 0 aromatic heterocycles. The van der Waals surface area contributed by atoms with E-state index in [1.54, 1.807) is 11.0 Å². The Morgan fingerprint density at radius 2 is 1.49 bits per heavy atom. The zero-order chi connectivity index (χ0) is 26.6. The number of alkyl carbamates (subject to hydrolysis) is 1. The van der Waals surface area contributed by atoms with Crippen molar-refractivity contribution in [3.8, 4) is 11.1 Å². The molecule has 196 valence electrons. The predicted octanol–water partition coefficient (Wildman–Crippen LogP) is 3.30. The number of carbonyl (C=O) groups excluding carboxylic acids is 3. The molecule has 3 N–H and O–H groups in total. The first-order valence-corrected chi connectivity index (χ1v) is 12.4. The molecule has 2 aromatic rings. The van der Waals surface area contributed by atoms with Crippen molar-refractivity contribution in [3.05, 3.63) is 72.3 Å². The van der Waals surface area contributed by atoms with Crippen molar-refractivity contribution >= 4 is 23.9 Å². The van der Waals surface area contributed by atoms with Crippen LogP contribution in [0.5, 0.6) is 0 Å².